The summed E-state index contributed by atoms with van der Waals surface area (Å²) in [6.45, 7) is 0. The number of rotatable bonds is 2. The third kappa shape index (κ3) is 2.62. The predicted octanol–water partition coefficient (Wildman–Crippen LogP) is 4.26. The number of methoxy groups -OCH3 is 2. The van der Waals surface area contributed by atoms with E-state index in [1.807, 2.05) is 60.7 Å². The van der Waals surface area contributed by atoms with E-state index in [-0.39, 0.29) is 0 Å². The van der Waals surface area contributed by atoms with Gasteiger partial charge in [-0.3, -0.25) is 0 Å². The zero-order valence-electron chi connectivity index (χ0n) is 12.6. The Morgan fingerprint density at radius 2 is 1.41 bits per heavy atom. The van der Waals surface area contributed by atoms with Gasteiger partial charge in [0.2, 0.25) is 0 Å². The number of hydrogen-bond donors (Lipinski definition) is 0. The lowest BCUT2D eigenvalue weighted by Gasteiger charge is -2.11. The summed E-state index contributed by atoms with van der Waals surface area (Å²) in [4.78, 5) is 0. The van der Waals surface area contributed by atoms with E-state index in [4.69, 9.17) is 9.47 Å². The van der Waals surface area contributed by atoms with Gasteiger partial charge < -0.3 is 9.47 Å². The first-order valence-electron chi connectivity index (χ1n) is 7.04. The summed E-state index contributed by atoms with van der Waals surface area (Å²) in [7, 11) is 3.34. The van der Waals surface area contributed by atoms with E-state index >= 15 is 0 Å². The highest BCUT2D eigenvalue weighted by molar-refractivity contribution is 5.97. The standard InChI is InChI=1S/C20H16O2/c1-21-18-13-14-19(22-2)20-16(9-6-10-17(18)20)12-11-15-7-4-3-5-8-15/h3-10,13-14H,1-2H3. The van der Waals surface area contributed by atoms with Crippen molar-refractivity contribution in [3.63, 3.8) is 0 Å². The normalized spacial score (nSPS) is 9.91. The van der Waals surface area contributed by atoms with Crippen molar-refractivity contribution in [1.82, 2.24) is 0 Å². The molecule has 0 radical (unpaired) electrons. The molecule has 0 aromatic heterocycles. The van der Waals surface area contributed by atoms with Crippen LogP contribution in [0.1, 0.15) is 11.1 Å². The van der Waals surface area contributed by atoms with E-state index in [0.717, 1.165) is 33.4 Å². The molecule has 3 aromatic carbocycles. The first-order chi connectivity index (χ1) is 10.8. The summed E-state index contributed by atoms with van der Waals surface area (Å²) < 4.78 is 10.9. The zero-order valence-corrected chi connectivity index (χ0v) is 12.6. The molecule has 0 spiro atoms. The molecule has 0 heterocycles. The lowest BCUT2D eigenvalue weighted by atomic mass is 10.0. The van der Waals surface area contributed by atoms with E-state index in [1.54, 1.807) is 14.2 Å². The van der Waals surface area contributed by atoms with Gasteiger partial charge in [-0.25, -0.2) is 0 Å². The molecule has 0 aliphatic rings. The number of hydrogen-bond acceptors (Lipinski definition) is 2. The zero-order chi connectivity index (χ0) is 15.4. The Bertz CT molecular complexity index is 855. The van der Waals surface area contributed by atoms with Crippen molar-refractivity contribution in [3.8, 4) is 23.3 Å². The summed E-state index contributed by atoms with van der Waals surface area (Å²) in [5.74, 6) is 8.06. The Morgan fingerprint density at radius 3 is 2.14 bits per heavy atom. The molecule has 2 nitrogen and oxygen atoms in total. The van der Waals surface area contributed by atoms with Crippen LogP contribution in [0.3, 0.4) is 0 Å². The van der Waals surface area contributed by atoms with E-state index in [2.05, 4.69) is 11.8 Å². The highest BCUT2D eigenvalue weighted by Gasteiger charge is 2.09. The maximum absolute atomic E-state index is 5.50. The minimum Gasteiger partial charge on any atom is -0.496 e. The van der Waals surface area contributed by atoms with Crippen LogP contribution in [0.4, 0.5) is 0 Å². The highest BCUT2D eigenvalue weighted by Crippen LogP contribution is 2.35. The maximum atomic E-state index is 5.50. The molecule has 0 amide bonds. The first-order valence-corrected chi connectivity index (χ1v) is 7.04. The van der Waals surface area contributed by atoms with Crippen molar-refractivity contribution in [2.45, 2.75) is 0 Å². The molecule has 0 saturated heterocycles. The minimum absolute atomic E-state index is 0.800. The molecule has 2 heteroatoms. The summed E-state index contributed by atoms with van der Waals surface area (Å²) >= 11 is 0. The van der Waals surface area contributed by atoms with Gasteiger partial charge in [0, 0.05) is 21.9 Å². The average Bonchev–Trinajstić information content (AvgIpc) is 2.59. The second kappa shape index (κ2) is 6.24. The summed E-state index contributed by atoms with van der Waals surface area (Å²) in [6, 6.07) is 19.8. The van der Waals surface area contributed by atoms with Gasteiger partial charge in [-0.1, -0.05) is 42.2 Å². The molecule has 22 heavy (non-hydrogen) atoms. The van der Waals surface area contributed by atoms with Gasteiger partial charge in [0.1, 0.15) is 11.5 Å². The van der Waals surface area contributed by atoms with Gasteiger partial charge in [-0.2, -0.15) is 0 Å². The van der Waals surface area contributed by atoms with E-state index < -0.39 is 0 Å². The molecular formula is C20H16O2. The van der Waals surface area contributed by atoms with Crippen LogP contribution in [0, 0.1) is 11.8 Å². The predicted molar refractivity (Wildman–Crippen MR) is 89.5 cm³/mol. The van der Waals surface area contributed by atoms with Crippen LogP contribution < -0.4 is 9.47 Å². The Morgan fingerprint density at radius 1 is 0.682 bits per heavy atom. The van der Waals surface area contributed by atoms with Gasteiger partial charge >= 0.3 is 0 Å². The van der Waals surface area contributed by atoms with Crippen LogP contribution in [0.25, 0.3) is 10.8 Å². The van der Waals surface area contributed by atoms with Crippen molar-refractivity contribution in [2.24, 2.45) is 0 Å². The van der Waals surface area contributed by atoms with E-state index in [0.29, 0.717) is 0 Å². The highest BCUT2D eigenvalue weighted by atomic mass is 16.5. The fraction of sp³-hybridized carbons (Fsp3) is 0.100. The number of fused-ring (bicyclic) bond motifs is 1. The van der Waals surface area contributed by atoms with Crippen LogP contribution in [-0.2, 0) is 0 Å². The molecule has 0 aliphatic heterocycles. The minimum atomic E-state index is 0.800. The van der Waals surface area contributed by atoms with Crippen molar-refractivity contribution < 1.29 is 9.47 Å². The van der Waals surface area contributed by atoms with Crippen molar-refractivity contribution in [1.29, 1.82) is 0 Å². The van der Waals surface area contributed by atoms with Crippen molar-refractivity contribution in [3.05, 3.63) is 71.8 Å². The van der Waals surface area contributed by atoms with Gasteiger partial charge in [-0.05, 0) is 30.3 Å². The molecule has 0 N–H and O–H groups in total. The lowest BCUT2D eigenvalue weighted by Crippen LogP contribution is -1.91. The summed E-state index contributed by atoms with van der Waals surface area (Å²) in [6.07, 6.45) is 0. The summed E-state index contributed by atoms with van der Waals surface area (Å²) in [5.41, 5.74) is 1.92. The van der Waals surface area contributed by atoms with E-state index in [9.17, 15) is 0 Å². The Kier molecular flexibility index (Phi) is 3.98. The second-order valence-electron chi connectivity index (χ2n) is 4.81. The SMILES string of the molecule is COc1ccc(OC)c2c(C#Cc3ccccc3)cccc12. The second-order valence-corrected chi connectivity index (χ2v) is 4.81. The number of benzene rings is 3. The van der Waals surface area contributed by atoms with Crippen LogP contribution in [-0.4, -0.2) is 14.2 Å². The number of ether oxygens (including phenoxy) is 2. The van der Waals surface area contributed by atoms with Gasteiger partial charge in [-0.15, -0.1) is 0 Å². The molecular weight excluding hydrogens is 272 g/mol. The van der Waals surface area contributed by atoms with Crippen molar-refractivity contribution in [2.75, 3.05) is 14.2 Å². The molecule has 3 aromatic rings. The average molecular weight is 288 g/mol. The molecule has 0 saturated carbocycles. The fourth-order valence-electron chi connectivity index (χ4n) is 2.46. The molecule has 0 aliphatic carbocycles. The molecule has 0 bridgehead atoms. The lowest BCUT2D eigenvalue weighted by molar-refractivity contribution is 0.410. The summed E-state index contributed by atoms with van der Waals surface area (Å²) in [5, 5.41) is 1.98. The monoisotopic (exact) mass is 288 g/mol. The molecule has 0 unspecified atom stereocenters. The van der Waals surface area contributed by atoms with Crippen LogP contribution in [0.15, 0.2) is 60.7 Å². The largest absolute Gasteiger partial charge is 0.496 e. The molecule has 0 atom stereocenters. The molecule has 3 rings (SSSR count). The van der Waals surface area contributed by atoms with Crippen LogP contribution in [0.5, 0.6) is 11.5 Å². The van der Waals surface area contributed by atoms with Gasteiger partial charge in [0.05, 0.1) is 14.2 Å². The Balaban J connectivity index is 2.20. The molecule has 108 valence electrons. The quantitative estimate of drug-likeness (QED) is 0.656. The Hall–Kier alpha value is -2.92. The smallest absolute Gasteiger partial charge is 0.128 e. The first kappa shape index (κ1) is 14.0. The third-order valence-corrected chi connectivity index (χ3v) is 3.52. The fourth-order valence-corrected chi connectivity index (χ4v) is 2.46. The van der Waals surface area contributed by atoms with Crippen LogP contribution >= 0.6 is 0 Å². The topological polar surface area (TPSA) is 18.5 Å². The maximum Gasteiger partial charge on any atom is 0.128 e. The Labute approximate surface area is 130 Å². The third-order valence-electron chi connectivity index (χ3n) is 3.52. The van der Waals surface area contributed by atoms with E-state index in [1.165, 1.54) is 0 Å². The van der Waals surface area contributed by atoms with Gasteiger partial charge in [0.25, 0.3) is 0 Å². The van der Waals surface area contributed by atoms with Gasteiger partial charge in [0.15, 0.2) is 0 Å². The molecule has 0 fully saturated rings. The van der Waals surface area contributed by atoms with Crippen LogP contribution in [0.2, 0.25) is 0 Å². The van der Waals surface area contributed by atoms with Crippen molar-refractivity contribution >= 4 is 10.8 Å².